The quantitative estimate of drug-likeness (QED) is 0.438. The molecule has 0 amide bonds. The van der Waals surface area contributed by atoms with E-state index in [1.165, 1.54) is 25.7 Å². The van der Waals surface area contributed by atoms with Gasteiger partial charge < -0.3 is 20.5 Å². The van der Waals surface area contributed by atoms with Crippen molar-refractivity contribution in [2.24, 2.45) is 16.1 Å². The van der Waals surface area contributed by atoms with Crippen molar-refractivity contribution in [3.05, 3.63) is 24.3 Å². The van der Waals surface area contributed by atoms with Crippen LogP contribution in [0.4, 0.5) is 5.69 Å². The highest BCUT2D eigenvalue weighted by atomic mass is 16.5. The molecule has 0 saturated heterocycles. The summed E-state index contributed by atoms with van der Waals surface area (Å²) in [6.07, 6.45) is 6.05. The van der Waals surface area contributed by atoms with Crippen molar-refractivity contribution in [3.8, 4) is 5.75 Å². The Bertz CT molecular complexity index is 511. The number of guanidine groups is 1. The summed E-state index contributed by atoms with van der Waals surface area (Å²) >= 11 is 0. The number of ether oxygens (including phenoxy) is 2. The Balaban J connectivity index is 1.96. The van der Waals surface area contributed by atoms with Crippen LogP contribution in [0.5, 0.6) is 5.75 Å². The predicted molar refractivity (Wildman–Crippen MR) is 95.1 cm³/mol. The van der Waals surface area contributed by atoms with Gasteiger partial charge in [-0.25, -0.2) is 0 Å². The van der Waals surface area contributed by atoms with E-state index in [1.54, 1.807) is 7.11 Å². The van der Waals surface area contributed by atoms with Crippen molar-refractivity contribution in [3.63, 3.8) is 0 Å². The number of anilines is 1. The van der Waals surface area contributed by atoms with Gasteiger partial charge in [0, 0.05) is 19.8 Å². The monoisotopic (exact) mass is 319 g/mol. The zero-order valence-electron chi connectivity index (χ0n) is 14.3. The molecule has 0 unspecified atom stereocenters. The number of hydrogen-bond acceptors (Lipinski definition) is 3. The highest BCUT2D eigenvalue weighted by molar-refractivity contribution is 5.93. The predicted octanol–water partition coefficient (Wildman–Crippen LogP) is 3.41. The second kappa shape index (κ2) is 8.77. The van der Waals surface area contributed by atoms with Gasteiger partial charge in [0.05, 0.1) is 12.8 Å². The molecule has 5 nitrogen and oxygen atoms in total. The summed E-state index contributed by atoms with van der Waals surface area (Å²) in [5, 5.41) is 3.14. The second-order valence-electron chi connectivity index (χ2n) is 6.18. The Morgan fingerprint density at radius 1 is 1.30 bits per heavy atom. The molecule has 1 aromatic rings. The zero-order chi connectivity index (χ0) is 16.5. The number of nitrogens with one attached hydrogen (secondary N) is 1. The van der Waals surface area contributed by atoms with Crippen LogP contribution in [0.2, 0.25) is 0 Å². The van der Waals surface area contributed by atoms with E-state index in [9.17, 15) is 0 Å². The average molecular weight is 319 g/mol. The van der Waals surface area contributed by atoms with Crippen LogP contribution in [0.1, 0.15) is 39.0 Å². The lowest BCUT2D eigenvalue weighted by Gasteiger charge is -2.27. The van der Waals surface area contributed by atoms with E-state index in [2.05, 4.69) is 10.3 Å². The molecule has 3 N–H and O–H groups in total. The first-order valence-electron chi connectivity index (χ1n) is 8.47. The first-order chi connectivity index (χ1) is 11.2. The van der Waals surface area contributed by atoms with Crippen molar-refractivity contribution >= 4 is 11.6 Å². The van der Waals surface area contributed by atoms with Crippen molar-refractivity contribution in [1.82, 2.24) is 0 Å². The SMILES string of the molecule is CCOCCC1(CN=C(N)Nc2ccccc2OC)CCCC1. The van der Waals surface area contributed by atoms with Gasteiger partial charge >= 0.3 is 0 Å². The molecule has 1 aliphatic rings. The van der Waals surface area contributed by atoms with Crippen LogP contribution in [0.25, 0.3) is 0 Å². The number of hydrogen-bond donors (Lipinski definition) is 2. The van der Waals surface area contributed by atoms with Crippen LogP contribution >= 0.6 is 0 Å². The van der Waals surface area contributed by atoms with Crippen molar-refractivity contribution in [1.29, 1.82) is 0 Å². The summed E-state index contributed by atoms with van der Waals surface area (Å²) in [6, 6.07) is 7.70. The lowest BCUT2D eigenvalue weighted by atomic mass is 9.83. The summed E-state index contributed by atoms with van der Waals surface area (Å²) in [5.74, 6) is 1.20. The summed E-state index contributed by atoms with van der Waals surface area (Å²) in [4.78, 5) is 4.60. The minimum atomic E-state index is 0.252. The Labute approximate surface area is 139 Å². The lowest BCUT2D eigenvalue weighted by Crippen LogP contribution is -2.28. The van der Waals surface area contributed by atoms with Gasteiger partial charge in [0.1, 0.15) is 5.75 Å². The standard InChI is InChI=1S/C18H29N3O2/c1-3-23-13-12-18(10-6-7-11-18)14-20-17(19)21-15-8-4-5-9-16(15)22-2/h4-5,8-9H,3,6-7,10-14H2,1-2H3,(H3,19,20,21). The van der Waals surface area contributed by atoms with Crippen LogP contribution in [-0.4, -0.2) is 32.8 Å². The van der Waals surface area contributed by atoms with E-state index in [-0.39, 0.29) is 5.41 Å². The largest absolute Gasteiger partial charge is 0.495 e. The van der Waals surface area contributed by atoms with Crippen molar-refractivity contribution in [2.75, 3.05) is 32.2 Å². The topological polar surface area (TPSA) is 68.9 Å². The highest BCUT2D eigenvalue weighted by Crippen LogP contribution is 2.41. The van der Waals surface area contributed by atoms with E-state index in [0.717, 1.165) is 37.6 Å². The minimum Gasteiger partial charge on any atom is -0.495 e. The molecule has 1 aromatic carbocycles. The van der Waals surface area contributed by atoms with E-state index >= 15 is 0 Å². The molecule has 0 heterocycles. The molecule has 0 radical (unpaired) electrons. The van der Waals surface area contributed by atoms with Crippen LogP contribution in [0.3, 0.4) is 0 Å². The van der Waals surface area contributed by atoms with Crippen LogP contribution < -0.4 is 15.8 Å². The van der Waals surface area contributed by atoms with Gasteiger partial charge in [-0.2, -0.15) is 0 Å². The Hall–Kier alpha value is -1.75. The first kappa shape index (κ1) is 17.6. The van der Waals surface area contributed by atoms with Gasteiger partial charge in [-0.05, 0) is 43.7 Å². The van der Waals surface area contributed by atoms with Gasteiger partial charge in [-0.15, -0.1) is 0 Å². The van der Waals surface area contributed by atoms with Crippen LogP contribution in [0.15, 0.2) is 29.3 Å². The lowest BCUT2D eigenvalue weighted by molar-refractivity contribution is 0.107. The molecule has 0 aromatic heterocycles. The van der Waals surface area contributed by atoms with E-state index in [1.807, 2.05) is 31.2 Å². The minimum absolute atomic E-state index is 0.252. The summed E-state index contributed by atoms with van der Waals surface area (Å²) in [7, 11) is 1.65. The molecule has 0 aliphatic heterocycles. The molecule has 0 bridgehead atoms. The summed E-state index contributed by atoms with van der Waals surface area (Å²) in [6.45, 7) is 4.38. The number of rotatable bonds is 8. The normalized spacial score (nSPS) is 17.2. The van der Waals surface area contributed by atoms with Crippen molar-refractivity contribution < 1.29 is 9.47 Å². The maximum absolute atomic E-state index is 6.07. The molecule has 2 rings (SSSR count). The third kappa shape index (κ3) is 5.13. The molecule has 0 spiro atoms. The average Bonchev–Trinajstić information content (AvgIpc) is 3.03. The molecular weight excluding hydrogens is 290 g/mol. The van der Waals surface area contributed by atoms with Gasteiger partial charge in [0.15, 0.2) is 5.96 Å². The maximum Gasteiger partial charge on any atom is 0.193 e. The Morgan fingerprint density at radius 2 is 2.04 bits per heavy atom. The second-order valence-corrected chi connectivity index (χ2v) is 6.18. The summed E-state index contributed by atoms with van der Waals surface area (Å²) in [5.41, 5.74) is 7.16. The first-order valence-corrected chi connectivity index (χ1v) is 8.47. The summed E-state index contributed by atoms with van der Waals surface area (Å²) < 4.78 is 10.9. The maximum atomic E-state index is 6.07. The molecule has 128 valence electrons. The van der Waals surface area contributed by atoms with Gasteiger partial charge in [-0.1, -0.05) is 25.0 Å². The fourth-order valence-electron chi connectivity index (χ4n) is 3.22. The smallest absolute Gasteiger partial charge is 0.193 e. The van der Waals surface area contributed by atoms with E-state index in [4.69, 9.17) is 15.2 Å². The number of aliphatic imine (C=N–C) groups is 1. The Morgan fingerprint density at radius 3 is 2.74 bits per heavy atom. The Kier molecular flexibility index (Phi) is 6.71. The number of nitrogens with zero attached hydrogens (tertiary/aromatic N) is 1. The molecule has 1 aliphatic carbocycles. The molecule has 1 saturated carbocycles. The van der Waals surface area contributed by atoms with E-state index in [0.29, 0.717) is 5.96 Å². The van der Waals surface area contributed by atoms with E-state index < -0.39 is 0 Å². The fraction of sp³-hybridized carbons (Fsp3) is 0.611. The number of nitrogens with two attached hydrogens (primary N) is 1. The van der Waals surface area contributed by atoms with Gasteiger partial charge in [0.2, 0.25) is 0 Å². The van der Waals surface area contributed by atoms with Gasteiger partial charge in [-0.3, -0.25) is 4.99 Å². The number of methoxy groups -OCH3 is 1. The fourth-order valence-corrected chi connectivity index (χ4v) is 3.22. The molecular formula is C18H29N3O2. The molecule has 23 heavy (non-hydrogen) atoms. The third-order valence-electron chi connectivity index (χ3n) is 4.60. The van der Waals surface area contributed by atoms with Crippen LogP contribution in [0, 0.1) is 5.41 Å². The molecule has 5 heteroatoms. The highest BCUT2D eigenvalue weighted by Gasteiger charge is 2.33. The van der Waals surface area contributed by atoms with Crippen LogP contribution in [-0.2, 0) is 4.74 Å². The third-order valence-corrected chi connectivity index (χ3v) is 4.60. The van der Waals surface area contributed by atoms with Crippen molar-refractivity contribution in [2.45, 2.75) is 39.0 Å². The molecule has 0 atom stereocenters. The zero-order valence-corrected chi connectivity index (χ0v) is 14.3. The molecule has 1 fully saturated rings. The number of para-hydroxylation sites is 2. The number of benzene rings is 1. The van der Waals surface area contributed by atoms with Gasteiger partial charge in [0.25, 0.3) is 0 Å².